The minimum Gasteiger partial charge on any atom is -0.458 e. The molecule has 2 nitrogen and oxygen atoms in total. The van der Waals surface area contributed by atoms with Crippen LogP contribution in [0, 0.1) is 0 Å². The molecule has 0 saturated carbocycles. The zero-order valence-corrected chi connectivity index (χ0v) is 11.0. The molecule has 0 bridgehead atoms. The molecule has 3 heteroatoms. The van der Waals surface area contributed by atoms with E-state index < -0.39 is 5.60 Å². The van der Waals surface area contributed by atoms with Crippen molar-refractivity contribution in [2.24, 2.45) is 0 Å². The van der Waals surface area contributed by atoms with Crippen molar-refractivity contribution in [1.82, 2.24) is 0 Å². The molecule has 0 atom stereocenters. The van der Waals surface area contributed by atoms with E-state index in [0.29, 0.717) is 18.6 Å². The van der Waals surface area contributed by atoms with Crippen molar-refractivity contribution in [3.05, 3.63) is 34.5 Å². The quantitative estimate of drug-likeness (QED) is 0.915. The Morgan fingerprint density at radius 3 is 2.56 bits per heavy atom. The molecule has 1 N–H and O–H groups in total. The fourth-order valence-corrected chi connectivity index (χ4v) is 2.22. The van der Waals surface area contributed by atoms with Gasteiger partial charge in [-0.1, -0.05) is 29.8 Å². The van der Waals surface area contributed by atoms with Gasteiger partial charge in [0, 0.05) is 9.86 Å². The molecule has 16 heavy (non-hydrogen) atoms. The van der Waals surface area contributed by atoms with E-state index in [1.54, 1.807) is 0 Å². The third-order valence-corrected chi connectivity index (χ3v) is 3.60. The first-order valence-corrected chi connectivity index (χ1v) is 6.30. The summed E-state index contributed by atoms with van der Waals surface area (Å²) < 4.78 is 6.72. The Bertz CT molecular complexity index is 498. The number of hydrogen-bond donors (Lipinski definition) is 1. The standard InChI is InChI=1S/C13H15BrO2/c1-3-13(15,4-2)12-8-9-7-10(14)5-6-11(9)16-12/h5-8,15H,3-4H2,1-2H3. The number of hydrogen-bond acceptors (Lipinski definition) is 2. The molecule has 0 saturated heterocycles. The van der Waals surface area contributed by atoms with Gasteiger partial charge in [-0.15, -0.1) is 0 Å². The Balaban J connectivity index is 2.54. The summed E-state index contributed by atoms with van der Waals surface area (Å²) in [6.07, 6.45) is 1.31. The Hall–Kier alpha value is -0.800. The molecule has 0 amide bonds. The Labute approximate surface area is 103 Å². The van der Waals surface area contributed by atoms with Gasteiger partial charge in [-0.25, -0.2) is 0 Å². The lowest BCUT2D eigenvalue weighted by molar-refractivity contribution is 0.00832. The van der Waals surface area contributed by atoms with Crippen LogP contribution >= 0.6 is 15.9 Å². The van der Waals surface area contributed by atoms with E-state index in [2.05, 4.69) is 15.9 Å². The number of fused-ring (bicyclic) bond motifs is 1. The smallest absolute Gasteiger partial charge is 0.136 e. The molecule has 0 radical (unpaired) electrons. The van der Waals surface area contributed by atoms with Crippen LogP contribution in [0.1, 0.15) is 32.4 Å². The van der Waals surface area contributed by atoms with Gasteiger partial charge in [0.25, 0.3) is 0 Å². The van der Waals surface area contributed by atoms with Crippen LogP contribution in [0.3, 0.4) is 0 Å². The first-order valence-electron chi connectivity index (χ1n) is 5.51. The summed E-state index contributed by atoms with van der Waals surface area (Å²) >= 11 is 3.42. The highest BCUT2D eigenvalue weighted by molar-refractivity contribution is 9.10. The summed E-state index contributed by atoms with van der Waals surface area (Å²) in [5, 5.41) is 11.4. The lowest BCUT2D eigenvalue weighted by Gasteiger charge is -2.21. The van der Waals surface area contributed by atoms with Gasteiger partial charge in [0.1, 0.15) is 16.9 Å². The van der Waals surface area contributed by atoms with Crippen LogP contribution < -0.4 is 0 Å². The van der Waals surface area contributed by atoms with E-state index in [9.17, 15) is 5.11 Å². The molecule has 0 aliphatic rings. The van der Waals surface area contributed by atoms with Crippen molar-refractivity contribution >= 4 is 26.9 Å². The van der Waals surface area contributed by atoms with Crippen LogP contribution in [0.25, 0.3) is 11.0 Å². The second-order valence-corrected chi connectivity index (χ2v) is 4.95. The average Bonchev–Trinajstić information content (AvgIpc) is 2.71. The maximum Gasteiger partial charge on any atom is 0.136 e. The zero-order valence-electron chi connectivity index (χ0n) is 9.46. The topological polar surface area (TPSA) is 33.4 Å². The second-order valence-electron chi connectivity index (χ2n) is 4.03. The maximum absolute atomic E-state index is 10.4. The third-order valence-electron chi connectivity index (χ3n) is 3.11. The molecular formula is C13H15BrO2. The molecule has 0 fully saturated rings. The fraction of sp³-hybridized carbons (Fsp3) is 0.385. The van der Waals surface area contributed by atoms with Crippen molar-refractivity contribution in [2.45, 2.75) is 32.3 Å². The van der Waals surface area contributed by atoms with Crippen molar-refractivity contribution in [1.29, 1.82) is 0 Å². The second kappa shape index (κ2) is 4.22. The van der Waals surface area contributed by atoms with Crippen molar-refractivity contribution in [2.75, 3.05) is 0 Å². The molecular weight excluding hydrogens is 268 g/mol. The monoisotopic (exact) mass is 282 g/mol. The van der Waals surface area contributed by atoms with E-state index >= 15 is 0 Å². The molecule has 0 unspecified atom stereocenters. The van der Waals surface area contributed by atoms with Gasteiger partial charge in [-0.3, -0.25) is 0 Å². The first kappa shape index (κ1) is 11.7. The fourth-order valence-electron chi connectivity index (χ4n) is 1.84. The predicted octanol–water partition coefficient (Wildman–Crippen LogP) is 4.20. The van der Waals surface area contributed by atoms with E-state index in [1.807, 2.05) is 38.1 Å². The molecule has 1 aromatic carbocycles. The van der Waals surface area contributed by atoms with Gasteiger partial charge in [-0.2, -0.15) is 0 Å². The van der Waals surface area contributed by atoms with Crippen molar-refractivity contribution < 1.29 is 9.52 Å². The lowest BCUT2D eigenvalue weighted by atomic mass is 9.94. The van der Waals surface area contributed by atoms with Gasteiger partial charge in [0.2, 0.25) is 0 Å². The Morgan fingerprint density at radius 2 is 1.94 bits per heavy atom. The zero-order chi connectivity index (χ0) is 11.8. The van der Waals surface area contributed by atoms with Crippen LogP contribution in [0.15, 0.2) is 33.2 Å². The summed E-state index contributed by atoms with van der Waals surface area (Å²) in [6.45, 7) is 3.93. The van der Waals surface area contributed by atoms with Gasteiger partial charge in [0.15, 0.2) is 0 Å². The first-order chi connectivity index (χ1) is 7.59. The van der Waals surface area contributed by atoms with Gasteiger partial charge in [-0.05, 0) is 37.1 Å². The number of aliphatic hydroxyl groups is 1. The maximum atomic E-state index is 10.4. The predicted molar refractivity (Wildman–Crippen MR) is 68.4 cm³/mol. The van der Waals surface area contributed by atoms with E-state index in [4.69, 9.17) is 4.42 Å². The largest absolute Gasteiger partial charge is 0.458 e. The number of benzene rings is 1. The molecule has 1 heterocycles. The average molecular weight is 283 g/mol. The molecule has 0 aliphatic carbocycles. The highest BCUT2D eigenvalue weighted by Gasteiger charge is 2.28. The van der Waals surface area contributed by atoms with Crippen molar-refractivity contribution in [3.63, 3.8) is 0 Å². The lowest BCUT2D eigenvalue weighted by Crippen LogP contribution is -2.22. The molecule has 0 spiro atoms. The number of halogens is 1. The summed E-state index contributed by atoms with van der Waals surface area (Å²) in [6, 6.07) is 7.77. The number of rotatable bonds is 3. The Kier molecular flexibility index (Phi) is 3.08. The van der Waals surface area contributed by atoms with E-state index in [-0.39, 0.29) is 0 Å². The van der Waals surface area contributed by atoms with E-state index in [1.165, 1.54) is 0 Å². The van der Waals surface area contributed by atoms with Crippen molar-refractivity contribution in [3.8, 4) is 0 Å². The minimum atomic E-state index is -0.842. The summed E-state index contributed by atoms with van der Waals surface area (Å²) in [7, 11) is 0. The van der Waals surface area contributed by atoms with Gasteiger partial charge >= 0.3 is 0 Å². The summed E-state index contributed by atoms with van der Waals surface area (Å²) in [4.78, 5) is 0. The van der Waals surface area contributed by atoms with Crippen LogP contribution in [0.5, 0.6) is 0 Å². The summed E-state index contributed by atoms with van der Waals surface area (Å²) in [5.41, 5.74) is -0.0237. The van der Waals surface area contributed by atoms with Crippen LogP contribution in [0.2, 0.25) is 0 Å². The van der Waals surface area contributed by atoms with Crippen LogP contribution in [0.4, 0.5) is 0 Å². The van der Waals surface area contributed by atoms with Crippen LogP contribution in [-0.4, -0.2) is 5.11 Å². The molecule has 1 aromatic heterocycles. The molecule has 2 rings (SSSR count). The van der Waals surface area contributed by atoms with Gasteiger partial charge in [0.05, 0.1) is 0 Å². The van der Waals surface area contributed by atoms with Crippen LogP contribution in [-0.2, 0) is 5.60 Å². The molecule has 86 valence electrons. The highest BCUT2D eigenvalue weighted by atomic mass is 79.9. The minimum absolute atomic E-state index is 0.657. The SMILES string of the molecule is CCC(O)(CC)c1cc2cc(Br)ccc2o1. The number of furan rings is 1. The molecule has 0 aliphatic heterocycles. The normalized spacial score (nSPS) is 12.2. The molecule has 2 aromatic rings. The Morgan fingerprint density at radius 1 is 1.25 bits per heavy atom. The van der Waals surface area contributed by atoms with E-state index in [0.717, 1.165) is 15.4 Å². The highest BCUT2D eigenvalue weighted by Crippen LogP contribution is 2.33. The summed E-state index contributed by atoms with van der Waals surface area (Å²) in [5.74, 6) is 0.658. The third kappa shape index (κ3) is 1.89. The van der Waals surface area contributed by atoms with Gasteiger partial charge < -0.3 is 9.52 Å².